The Hall–Kier alpha value is -2.94. The number of hydrogen-bond donors (Lipinski definition) is 0. The van der Waals surface area contributed by atoms with E-state index in [1.54, 1.807) is 36.0 Å². The quantitative estimate of drug-likeness (QED) is 0.347. The molecule has 3 aromatic rings. The molecule has 0 fully saturated rings. The van der Waals surface area contributed by atoms with E-state index in [0.717, 1.165) is 11.6 Å². The predicted octanol–water partition coefficient (Wildman–Crippen LogP) is 5.46. The molecule has 1 aromatic heterocycles. The number of rotatable bonds is 8. The van der Waals surface area contributed by atoms with Crippen LogP contribution in [0.3, 0.4) is 0 Å². The number of thioether (sulfide) groups is 1. The second-order valence-electron chi connectivity index (χ2n) is 6.22. The molecule has 0 N–H and O–H groups in total. The Labute approximate surface area is 176 Å². The molecule has 0 saturated carbocycles. The van der Waals surface area contributed by atoms with Crippen LogP contribution in [0, 0.1) is 0 Å². The third-order valence-corrected chi connectivity index (χ3v) is 5.37. The van der Waals surface area contributed by atoms with Gasteiger partial charge in [0.05, 0.1) is 19.8 Å². The fourth-order valence-electron chi connectivity index (χ4n) is 2.94. The van der Waals surface area contributed by atoms with Gasteiger partial charge < -0.3 is 9.47 Å². The standard InChI is InChI=1S/C21H20F3N3O2S/c1-4-11-27-19(14-9-10-17(28-2)18(12-14)29-3)25-26-20(27)30-13-15-7-5-6-8-16(15)21(22,23)24/h4-10,12H,1,11,13H2,2-3H3. The molecule has 2 aromatic carbocycles. The first-order valence-corrected chi connectivity index (χ1v) is 9.92. The maximum atomic E-state index is 13.3. The first-order valence-electron chi connectivity index (χ1n) is 8.93. The van der Waals surface area contributed by atoms with Crippen LogP contribution in [0.15, 0.2) is 60.3 Å². The highest BCUT2D eigenvalue weighted by Gasteiger charge is 2.33. The number of halogens is 3. The van der Waals surface area contributed by atoms with Crippen molar-refractivity contribution < 1.29 is 22.6 Å². The highest BCUT2D eigenvalue weighted by molar-refractivity contribution is 7.98. The highest BCUT2D eigenvalue weighted by Crippen LogP contribution is 2.36. The number of methoxy groups -OCH3 is 2. The van der Waals surface area contributed by atoms with Crippen molar-refractivity contribution in [1.82, 2.24) is 14.8 Å². The summed E-state index contributed by atoms with van der Waals surface area (Å²) in [6.07, 6.45) is -2.72. The highest BCUT2D eigenvalue weighted by atomic mass is 32.2. The van der Waals surface area contributed by atoms with E-state index < -0.39 is 11.7 Å². The van der Waals surface area contributed by atoms with Crippen LogP contribution in [0.5, 0.6) is 11.5 Å². The second-order valence-corrected chi connectivity index (χ2v) is 7.16. The number of allylic oxidation sites excluding steroid dienone is 1. The lowest BCUT2D eigenvalue weighted by atomic mass is 10.1. The van der Waals surface area contributed by atoms with Gasteiger partial charge in [-0.25, -0.2) is 0 Å². The van der Waals surface area contributed by atoms with E-state index in [1.807, 2.05) is 6.07 Å². The molecule has 0 spiro atoms. The molecule has 9 heteroatoms. The number of hydrogen-bond acceptors (Lipinski definition) is 5. The van der Waals surface area contributed by atoms with Crippen molar-refractivity contribution in [1.29, 1.82) is 0 Å². The molecule has 0 radical (unpaired) electrons. The fraction of sp³-hybridized carbons (Fsp3) is 0.238. The van der Waals surface area contributed by atoms with Crippen LogP contribution in [0.1, 0.15) is 11.1 Å². The molecule has 0 bridgehead atoms. The monoisotopic (exact) mass is 435 g/mol. The number of ether oxygens (including phenoxy) is 2. The molecule has 158 valence electrons. The minimum Gasteiger partial charge on any atom is -0.493 e. The number of nitrogens with zero attached hydrogens (tertiary/aromatic N) is 3. The largest absolute Gasteiger partial charge is 0.493 e. The normalized spacial score (nSPS) is 11.4. The van der Waals surface area contributed by atoms with Gasteiger partial charge in [0.1, 0.15) is 0 Å². The van der Waals surface area contributed by atoms with E-state index in [2.05, 4.69) is 16.8 Å². The van der Waals surface area contributed by atoms with Gasteiger partial charge in [-0.15, -0.1) is 16.8 Å². The molecular weight excluding hydrogens is 415 g/mol. The van der Waals surface area contributed by atoms with Crippen molar-refractivity contribution in [3.63, 3.8) is 0 Å². The average molecular weight is 435 g/mol. The van der Waals surface area contributed by atoms with E-state index in [0.29, 0.717) is 29.0 Å². The lowest BCUT2D eigenvalue weighted by Gasteiger charge is -2.13. The summed E-state index contributed by atoms with van der Waals surface area (Å²) in [6.45, 7) is 4.16. The Morgan fingerprint density at radius 1 is 1.07 bits per heavy atom. The van der Waals surface area contributed by atoms with E-state index in [1.165, 1.54) is 31.0 Å². The zero-order chi connectivity index (χ0) is 21.7. The fourth-order valence-corrected chi connectivity index (χ4v) is 3.89. The minimum atomic E-state index is -4.41. The van der Waals surface area contributed by atoms with Gasteiger partial charge in [0, 0.05) is 17.9 Å². The molecule has 30 heavy (non-hydrogen) atoms. The van der Waals surface area contributed by atoms with Crippen molar-refractivity contribution in [2.75, 3.05) is 14.2 Å². The minimum absolute atomic E-state index is 0.108. The topological polar surface area (TPSA) is 49.2 Å². The van der Waals surface area contributed by atoms with Gasteiger partial charge in [0.2, 0.25) is 0 Å². The van der Waals surface area contributed by atoms with Gasteiger partial charge in [0.25, 0.3) is 0 Å². The molecule has 0 aliphatic rings. The van der Waals surface area contributed by atoms with Gasteiger partial charge in [0.15, 0.2) is 22.5 Å². The molecule has 0 aliphatic heterocycles. The van der Waals surface area contributed by atoms with Gasteiger partial charge in [-0.2, -0.15) is 13.2 Å². The van der Waals surface area contributed by atoms with Gasteiger partial charge in [-0.05, 0) is 29.8 Å². The van der Waals surface area contributed by atoms with Crippen LogP contribution < -0.4 is 9.47 Å². The second kappa shape index (κ2) is 9.25. The number of alkyl halides is 3. The zero-order valence-corrected chi connectivity index (χ0v) is 17.3. The Balaban J connectivity index is 1.92. The van der Waals surface area contributed by atoms with E-state index in [9.17, 15) is 13.2 Å². The van der Waals surface area contributed by atoms with Crippen molar-refractivity contribution >= 4 is 11.8 Å². The third-order valence-electron chi connectivity index (χ3n) is 4.35. The first-order chi connectivity index (χ1) is 14.4. The van der Waals surface area contributed by atoms with Crippen LogP contribution in [0.2, 0.25) is 0 Å². The molecule has 0 unspecified atom stereocenters. The van der Waals surface area contributed by atoms with Gasteiger partial charge in [-0.1, -0.05) is 36.0 Å². The van der Waals surface area contributed by atoms with Crippen molar-refractivity contribution in [2.24, 2.45) is 0 Å². The maximum Gasteiger partial charge on any atom is 0.416 e. The Morgan fingerprint density at radius 2 is 1.80 bits per heavy atom. The maximum absolute atomic E-state index is 13.3. The molecule has 0 saturated heterocycles. The zero-order valence-electron chi connectivity index (χ0n) is 16.4. The number of aromatic nitrogens is 3. The van der Waals surface area contributed by atoms with E-state index in [4.69, 9.17) is 9.47 Å². The molecule has 0 atom stereocenters. The Morgan fingerprint density at radius 3 is 2.47 bits per heavy atom. The van der Waals surface area contributed by atoms with E-state index >= 15 is 0 Å². The van der Waals surface area contributed by atoms with Crippen LogP contribution in [-0.2, 0) is 18.5 Å². The summed E-state index contributed by atoms with van der Waals surface area (Å²) in [6, 6.07) is 10.9. The molecule has 1 heterocycles. The lowest BCUT2D eigenvalue weighted by Crippen LogP contribution is -2.08. The average Bonchev–Trinajstić information content (AvgIpc) is 3.14. The first kappa shape index (κ1) is 21.8. The lowest BCUT2D eigenvalue weighted by molar-refractivity contribution is -0.138. The molecule has 0 amide bonds. The predicted molar refractivity (Wildman–Crippen MR) is 110 cm³/mol. The Kier molecular flexibility index (Phi) is 6.71. The van der Waals surface area contributed by atoms with Gasteiger partial charge in [-0.3, -0.25) is 4.57 Å². The van der Waals surface area contributed by atoms with Crippen LogP contribution in [0.4, 0.5) is 13.2 Å². The third kappa shape index (κ3) is 4.62. The van der Waals surface area contributed by atoms with Crippen LogP contribution >= 0.6 is 11.8 Å². The molecule has 3 rings (SSSR count). The summed E-state index contributed by atoms with van der Waals surface area (Å²) in [5, 5.41) is 8.93. The van der Waals surface area contributed by atoms with Crippen molar-refractivity contribution in [3.05, 3.63) is 66.2 Å². The summed E-state index contributed by atoms with van der Waals surface area (Å²) < 4.78 is 52.2. The molecule has 0 aliphatic carbocycles. The summed E-state index contributed by atoms with van der Waals surface area (Å²) in [5.41, 5.74) is 0.285. The summed E-state index contributed by atoms with van der Waals surface area (Å²) in [7, 11) is 3.08. The SMILES string of the molecule is C=CCn1c(SCc2ccccc2C(F)(F)F)nnc1-c1ccc(OC)c(OC)c1. The summed E-state index contributed by atoms with van der Waals surface area (Å²) in [4.78, 5) is 0. The van der Waals surface area contributed by atoms with Crippen molar-refractivity contribution in [3.8, 4) is 22.9 Å². The van der Waals surface area contributed by atoms with Gasteiger partial charge >= 0.3 is 6.18 Å². The smallest absolute Gasteiger partial charge is 0.416 e. The molecule has 5 nitrogen and oxygen atoms in total. The summed E-state index contributed by atoms with van der Waals surface area (Å²) >= 11 is 1.19. The van der Waals surface area contributed by atoms with Crippen molar-refractivity contribution in [2.45, 2.75) is 23.6 Å². The Bertz CT molecular complexity index is 1030. The van der Waals surface area contributed by atoms with Crippen LogP contribution in [-0.4, -0.2) is 29.0 Å². The molecular formula is C21H20F3N3O2S. The van der Waals surface area contributed by atoms with E-state index in [-0.39, 0.29) is 11.3 Å². The van der Waals surface area contributed by atoms with Crippen LogP contribution in [0.25, 0.3) is 11.4 Å². The summed E-state index contributed by atoms with van der Waals surface area (Å²) in [5.74, 6) is 1.78. The number of benzene rings is 2.